The molecule has 0 spiro atoms. The summed E-state index contributed by atoms with van der Waals surface area (Å²) in [4.78, 5) is 2.41. The molecular formula is C11H23F6N2P. The van der Waals surface area contributed by atoms with Crippen molar-refractivity contribution in [3.05, 3.63) is 0 Å². The molecule has 0 aliphatic carbocycles. The fourth-order valence-electron chi connectivity index (χ4n) is 1.52. The molecule has 1 rings (SSSR count). The average Bonchev–Trinajstić information content (AvgIpc) is 2.40. The van der Waals surface area contributed by atoms with Crippen LogP contribution in [-0.4, -0.2) is 40.0 Å². The summed E-state index contributed by atoms with van der Waals surface area (Å²) < 4.78 is 61.6. The van der Waals surface area contributed by atoms with E-state index >= 15 is 0 Å². The van der Waals surface area contributed by atoms with E-state index in [-0.39, 0.29) is 11.1 Å². The zero-order valence-electron chi connectivity index (χ0n) is 12.6. The summed E-state index contributed by atoms with van der Waals surface area (Å²) in [6.45, 7) is 15.9. The first-order valence-electron chi connectivity index (χ1n) is 6.11. The minimum atomic E-state index is -10.7. The van der Waals surface area contributed by atoms with Gasteiger partial charge in [-0.1, -0.05) is 0 Å². The zero-order valence-corrected chi connectivity index (χ0v) is 13.5. The van der Waals surface area contributed by atoms with E-state index in [9.17, 15) is 25.2 Å². The number of halogens is 6. The first-order chi connectivity index (χ1) is 8.16. The predicted octanol–water partition coefficient (Wildman–Crippen LogP) is 5.32. The third-order valence-electron chi connectivity index (χ3n) is 2.58. The van der Waals surface area contributed by atoms with Gasteiger partial charge in [0.2, 0.25) is 6.34 Å². The molecule has 1 heterocycles. The first-order valence-corrected chi connectivity index (χ1v) is 8.14. The Morgan fingerprint density at radius 1 is 0.900 bits per heavy atom. The van der Waals surface area contributed by atoms with Gasteiger partial charge in [0.1, 0.15) is 13.1 Å². The van der Waals surface area contributed by atoms with Crippen molar-refractivity contribution in [3.63, 3.8) is 0 Å². The van der Waals surface area contributed by atoms with E-state index in [0.717, 1.165) is 13.1 Å². The van der Waals surface area contributed by atoms with Gasteiger partial charge in [-0.05, 0) is 41.5 Å². The Hall–Kier alpha value is -0.520. The van der Waals surface area contributed by atoms with E-state index in [1.807, 2.05) is 0 Å². The van der Waals surface area contributed by atoms with Crippen molar-refractivity contribution >= 4 is 14.1 Å². The summed E-state index contributed by atoms with van der Waals surface area (Å²) in [5, 5.41) is 0. The van der Waals surface area contributed by atoms with Crippen molar-refractivity contribution < 1.29 is 29.8 Å². The molecule has 0 aromatic heterocycles. The van der Waals surface area contributed by atoms with Crippen LogP contribution in [0.3, 0.4) is 0 Å². The molecule has 20 heavy (non-hydrogen) atoms. The normalized spacial score (nSPS) is 20.6. The molecule has 0 amide bonds. The van der Waals surface area contributed by atoms with Crippen molar-refractivity contribution in [2.75, 3.05) is 13.1 Å². The van der Waals surface area contributed by atoms with Gasteiger partial charge in [0.25, 0.3) is 0 Å². The second-order valence-electron chi connectivity index (χ2n) is 6.80. The molecule has 0 bridgehead atoms. The molecular weight excluding hydrogens is 305 g/mol. The monoisotopic (exact) mass is 328 g/mol. The number of nitrogens with zero attached hydrogens (tertiary/aromatic N) is 2. The topological polar surface area (TPSA) is 6.25 Å². The van der Waals surface area contributed by atoms with Gasteiger partial charge in [-0.25, -0.2) is 0 Å². The standard InChI is InChI=1S/C11H23N2.F6P/c1-10(2,3)12-7-8-13(9-12)11(4,5)6;1-7(2,3,4,5)6/h9H,7-8H2,1-6H3;/q+1;-1. The second kappa shape index (κ2) is 4.49. The van der Waals surface area contributed by atoms with E-state index in [1.165, 1.54) is 0 Å². The molecule has 0 aromatic rings. The Labute approximate surface area is 115 Å². The molecule has 0 radical (unpaired) electrons. The van der Waals surface area contributed by atoms with Gasteiger partial charge in [0.05, 0.1) is 11.1 Å². The van der Waals surface area contributed by atoms with Crippen LogP contribution < -0.4 is 0 Å². The van der Waals surface area contributed by atoms with Gasteiger partial charge in [0.15, 0.2) is 0 Å². The molecule has 2 nitrogen and oxygen atoms in total. The summed E-state index contributed by atoms with van der Waals surface area (Å²) in [6.07, 6.45) is 2.28. The second-order valence-corrected chi connectivity index (χ2v) is 8.72. The van der Waals surface area contributed by atoms with Crippen molar-refractivity contribution in [3.8, 4) is 0 Å². The number of rotatable bonds is 0. The third kappa shape index (κ3) is 11.3. The zero-order chi connectivity index (χ0) is 16.7. The summed E-state index contributed by atoms with van der Waals surface area (Å²) in [7, 11) is -10.7. The summed E-state index contributed by atoms with van der Waals surface area (Å²) in [5.41, 5.74) is 0.528. The molecule has 0 saturated carbocycles. The molecule has 9 heteroatoms. The molecule has 0 atom stereocenters. The molecule has 0 N–H and O–H groups in total. The maximum atomic E-state index is 9.87. The average molecular weight is 328 g/mol. The van der Waals surface area contributed by atoms with Gasteiger partial charge >= 0.3 is 33.0 Å². The van der Waals surface area contributed by atoms with Gasteiger partial charge in [-0.2, -0.15) is 0 Å². The Morgan fingerprint density at radius 2 is 1.25 bits per heavy atom. The summed E-state index contributed by atoms with van der Waals surface area (Å²) in [5.74, 6) is 0. The molecule has 124 valence electrons. The summed E-state index contributed by atoms with van der Waals surface area (Å²) in [6, 6.07) is 0. The SMILES string of the molecule is CC(C)(C)N1C=[N+](C(C)(C)C)CC1.F[P-](F)(F)(F)(F)F. The van der Waals surface area contributed by atoms with E-state index < -0.39 is 7.81 Å². The van der Waals surface area contributed by atoms with Crippen LogP contribution in [0.15, 0.2) is 0 Å². The van der Waals surface area contributed by atoms with Gasteiger partial charge in [0, 0.05) is 0 Å². The van der Waals surface area contributed by atoms with Gasteiger partial charge in [-0.15, -0.1) is 0 Å². The quantitative estimate of drug-likeness (QED) is 0.331. The molecule has 1 aliphatic heterocycles. The molecule has 0 saturated heterocycles. The van der Waals surface area contributed by atoms with Gasteiger partial charge in [-0.3, -0.25) is 9.48 Å². The Kier molecular flexibility index (Phi) is 4.37. The third-order valence-corrected chi connectivity index (χ3v) is 2.58. The van der Waals surface area contributed by atoms with Crippen LogP contribution in [-0.2, 0) is 0 Å². The van der Waals surface area contributed by atoms with Crippen molar-refractivity contribution in [1.29, 1.82) is 0 Å². The fourth-order valence-corrected chi connectivity index (χ4v) is 1.52. The fraction of sp³-hybridized carbons (Fsp3) is 0.909. The number of hydrogen-bond donors (Lipinski definition) is 0. The minimum absolute atomic E-state index is 0.264. The number of hydrogen-bond acceptors (Lipinski definition) is 1. The van der Waals surface area contributed by atoms with Crippen molar-refractivity contribution in [2.45, 2.75) is 52.6 Å². The first kappa shape index (κ1) is 19.5. The molecule has 0 unspecified atom stereocenters. The van der Waals surface area contributed by atoms with E-state index in [0.29, 0.717) is 0 Å². The van der Waals surface area contributed by atoms with Crippen LogP contribution in [0.1, 0.15) is 41.5 Å². The van der Waals surface area contributed by atoms with Crippen LogP contribution in [0.4, 0.5) is 25.2 Å². The summed E-state index contributed by atoms with van der Waals surface area (Å²) >= 11 is 0. The maximum absolute atomic E-state index is 10.7. The van der Waals surface area contributed by atoms with Crippen LogP contribution in [0.2, 0.25) is 0 Å². The predicted molar refractivity (Wildman–Crippen MR) is 71.0 cm³/mol. The van der Waals surface area contributed by atoms with Crippen LogP contribution in [0, 0.1) is 0 Å². The Balaban J connectivity index is 0.000000441. The van der Waals surface area contributed by atoms with Crippen LogP contribution in [0.5, 0.6) is 0 Å². The van der Waals surface area contributed by atoms with Crippen LogP contribution in [0.25, 0.3) is 0 Å². The van der Waals surface area contributed by atoms with Gasteiger partial charge < -0.3 is 0 Å². The van der Waals surface area contributed by atoms with E-state index in [2.05, 4.69) is 57.4 Å². The molecule has 0 aromatic carbocycles. The van der Waals surface area contributed by atoms with E-state index in [4.69, 9.17) is 0 Å². The van der Waals surface area contributed by atoms with E-state index in [1.54, 1.807) is 0 Å². The Bertz CT molecular complexity index is 373. The van der Waals surface area contributed by atoms with Crippen molar-refractivity contribution in [1.82, 2.24) is 4.90 Å². The van der Waals surface area contributed by atoms with Crippen LogP contribution >= 0.6 is 7.81 Å². The Morgan fingerprint density at radius 3 is 1.40 bits per heavy atom. The molecule has 1 aliphatic rings. The van der Waals surface area contributed by atoms with Crippen molar-refractivity contribution in [2.24, 2.45) is 0 Å². The molecule has 0 fully saturated rings.